The summed E-state index contributed by atoms with van der Waals surface area (Å²) in [5, 5.41) is 0. The third-order valence-corrected chi connectivity index (χ3v) is 4.34. The lowest BCUT2D eigenvalue weighted by molar-refractivity contribution is -0.0387. The predicted octanol–water partition coefficient (Wildman–Crippen LogP) is 3.01. The van der Waals surface area contributed by atoms with E-state index in [9.17, 15) is 4.79 Å². The second-order valence-corrected chi connectivity index (χ2v) is 5.68. The number of hydrogen-bond donors (Lipinski definition) is 0. The van der Waals surface area contributed by atoms with Crippen molar-refractivity contribution in [3.63, 3.8) is 0 Å². The van der Waals surface area contributed by atoms with Gasteiger partial charge in [0, 0.05) is 11.0 Å². The molecule has 0 N–H and O–H groups in total. The number of carbonyl (C=O) groups is 1. The van der Waals surface area contributed by atoms with E-state index in [-0.39, 0.29) is 18.1 Å². The van der Waals surface area contributed by atoms with Crippen LogP contribution in [0.1, 0.15) is 29.8 Å². The van der Waals surface area contributed by atoms with E-state index in [0.29, 0.717) is 13.2 Å². The molecule has 1 saturated heterocycles. The van der Waals surface area contributed by atoms with Gasteiger partial charge in [-0.15, -0.1) is 0 Å². The van der Waals surface area contributed by atoms with Crippen molar-refractivity contribution >= 4 is 21.8 Å². The Morgan fingerprint density at radius 3 is 2.89 bits per heavy atom. The molecule has 18 heavy (non-hydrogen) atoms. The maximum absolute atomic E-state index is 12.6. The standard InChI is InChI=1S/C14H18BrNO2/c1-9-5-4-6-12(13(9)15)14(17)16-7-11(3)18-8-10(16)2/h4-6,10-11H,7-8H2,1-3H3. The summed E-state index contributed by atoms with van der Waals surface area (Å²) in [6.45, 7) is 7.27. The largest absolute Gasteiger partial charge is 0.375 e. The molecule has 1 aromatic carbocycles. The highest BCUT2D eigenvalue weighted by atomic mass is 79.9. The van der Waals surface area contributed by atoms with E-state index in [0.717, 1.165) is 15.6 Å². The van der Waals surface area contributed by atoms with E-state index in [4.69, 9.17) is 4.74 Å². The number of ether oxygens (including phenoxy) is 1. The Balaban J connectivity index is 2.27. The molecule has 0 aromatic heterocycles. The first kappa shape index (κ1) is 13.6. The van der Waals surface area contributed by atoms with Crippen molar-refractivity contribution in [2.45, 2.75) is 32.9 Å². The van der Waals surface area contributed by atoms with E-state index in [2.05, 4.69) is 15.9 Å². The monoisotopic (exact) mass is 311 g/mol. The van der Waals surface area contributed by atoms with Crippen LogP contribution < -0.4 is 0 Å². The van der Waals surface area contributed by atoms with Crippen molar-refractivity contribution in [3.8, 4) is 0 Å². The average Bonchev–Trinajstić information content (AvgIpc) is 2.35. The number of benzene rings is 1. The fraction of sp³-hybridized carbons (Fsp3) is 0.500. The maximum Gasteiger partial charge on any atom is 0.255 e. The minimum absolute atomic E-state index is 0.0771. The van der Waals surface area contributed by atoms with Crippen molar-refractivity contribution in [2.24, 2.45) is 0 Å². The Labute approximate surface area is 116 Å². The van der Waals surface area contributed by atoms with Gasteiger partial charge in [-0.3, -0.25) is 4.79 Å². The minimum atomic E-state index is 0.0771. The first-order valence-corrected chi connectivity index (χ1v) is 6.97. The molecular weight excluding hydrogens is 294 g/mol. The molecule has 2 atom stereocenters. The van der Waals surface area contributed by atoms with Gasteiger partial charge in [-0.1, -0.05) is 12.1 Å². The quantitative estimate of drug-likeness (QED) is 0.798. The highest BCUT2D eigenvalue weighted by Crippen LogP contribution is 2.24. The molecule has 0 bridgehead atoms. The number of morpholine rings is 1. The number of rotatable bonds is 1. The van der Waals surface area contributed by atoms with Gasteiger partial charge in [0.1, 0.15) is 0 Å². The minimum Gasteiger partial charge on any atom is -0.375 e. The van der Waals surface area contributed by atoms with E-state index >= 15 is 0 Å². The Kier molecular flexibility index (Phi) is 4.07. The van der Waals surface area contributed by atoms with Gasteiger partial charge in [0.25, 0.3) is 5.91 Å². The molecule has 4 heteroatoms. The Bertz CT molecular complexity index is 461. The summed E-state index contributed by atoms with van der Waals surface area (Å²) in [5.41, 5.74) is 1.81. The number of hydrogen-bond acceptors (Lipinski definition) is 2. The lowest BCUT2D eigenvalue weighted by Gasteiger charge is -2.37. The van der Waals surface area contributed by atoms with Gasteiger partial charge in [0.15, 0.2) is 0 Å². The molecule has 0 saturated carbocycles. The molecule has 1 aliphatic heterocycles. The van der Waals surface area contributed by atoms with Gasteiger partial charge >= 0.3 is 0 Å². The number of aryl methyl sites for hydroxylation is 1. The van der Waals surface area contributed by atoms with Crippen LogP contribution >= 0.6 is 15.9 Å². The summed E-state index contributed by atoms with van der Waals surface area (Å²) in [4.78, 5) is 14.5. The van der Waals surface area contributed by atoms with Gasteiger partial charge in [-0.2, -0.15) is 0 Å². The van der Waals surface area contributed by atoms with E-state index < -0.39 is 0 Å². The van der Waals surface area contributed by atoms with Crippen molar-refractivity contribution in [1.82, 2.24) is 4.90 Å². The van der Waals surface area contributed by atoms with Gasteiger partial charge in [-0.05, 0) is 48.3 Å². The van der Waals surface area contributed by atoms with Crippen LogP contribution in [0.2, 0.25) is 0 Å². The van der Waals surface area contributed by atoms with Crippen molar-refractivity contribution in [2.75, 3.05) is 13.2 Å². The summed E-state index contributed by atoms with van der Waals surface area (Å²) < 4.78 is 6.44. The number of amides is 1. The van der Waals surface area contributed by atoms with Crippen molar-refractivity contribution < 1.29 is 9.53 Å². The highest BCUT2D eigenvalue weighted by Gasteiger charge is 2.29. The second-order valence-electron chi connectivity index (χ2n) is 4.89. The van der Waals surface area contributed by atoms with Crippen LogP contribution in [0.15, 0.2) is 22.7 Å². The van der Waals surface area contributed by atoms with Crippen LogP contribution in [0.4, 0.5) is 0 Å². The topological polar surface area (TPSA) is 29.5 Å². The Morgan fingerprint density at radius 2 is 2.17 bits per heavy atom. The van der Waals surface area contributed by atoms with Crippen LogP contribution in [0.25, 0.3) is 0 Å². The fourth-order valence-corrected chi connectivity index (χ4v) is 2.59. The zero-order valence-electron chi connectivity index (χ0n) is 10.9. The molecule has 0 aliphatic carbocycles. The lowest BCUT2D eigenvalue weighted by atomic mass is 10.1. The molecular formula is C14H18BrNO2. The zero-order valence-corrected chi connectivity index (χ0v) is 12.5. The molecule has 2 rings (SSSR count). The number of nitrogens with zero attached hydrogens (tertiary/aromatic N) is 1. The molecule has 1 fully saturated rings. The normalized spacial score (nSPS) is 24.1. The molecule has 98 valence electrons. The predicted molar refractivity (Wildman–Crippen MR) is 74.8 cm³/mol. The Hall–Kier alpha value is -0.870. The van der Waals surface area contributed by atoms with Gasteiger partial charge in [0.05, 0.1) is 24.3 Å². The summed E-state index contributed by atoms with van der Waals surface area (Å²) in [7, 11) is 0. The summed E-state index contributed by atoms with van der Waals surface area (Å²) in [6, 6.07) is 5.90. The Morgan fingerprint density at radius 1 is 1.44 bits per heavy atom. The molecule has 1 aromatic rings. The zero-order chi connectivity index (χ0) is 13.3. The average molecular weight is 312 g/mol. The first-order valence-electron chi connectivity index (χ1n) is 6.18. The third kappa shape index (κ3) is 2.59. The molecule has 1 heterocycles. The molecule has 0 spiro atoms. The van der Waals surface area contributed by atoms with Gasteiger partial charge in [-0.25, -0.2) is 0 Å². The second kappa shape index (κ2) is 5.41. The van der Waals surface area contributed by atoms with Crippen LogP contribution in [0.3, 0.4) is 0 Å². The number of carbonyl (C=O) groups excluding carboxylic acids is 1. The first-order chi connectivity index (χ1) is 8.50. The SMILES string of the molecule is Cc1cccc(C(=O)N2CC(C)OCC2C)c1Br. The van der Waals surface area contributed by atoms with Crippen LogP contribution in [0.5, 0.6) is 0 Å². The van der Waals surface area contributed by atoms with Crippen LogP contribution in [-0.2, 0) is 4.74 Å². The molecule has 0 radical (unpaired) electrons. The third-order valence-electron chi connectivity index (χ3n) is 3.29. The molecule has 1 amide bonds. The van der Waals surface area contributed by atoms with Crippen molar-refractivity contribution in [3.05, 3.63) is 33.8 Å². The van der Waals surface area contributed by atoms with Gasteiger partial charge < -0.3 is 9.64 Å². The van der Waals surface area contributed by atoms with Crippen LogP contribution in [-0.4, -0.2) is 36.1 Å². The summed E-state index contributed by atoms with van der Waals surface area (Å²) in [5.74, 6) is 0.0771. The van der Waals surface area contributed by atoms with E-state index in [1.165, 1.54) is 0 Å². The van der Waals surface area contributed by atoms with Gasteiger partial charge in [0.2, 0.25) is 0 Å². The molecule has 1 aliphatic rings. The van der Waals surface area contributed by atoms with E-state index in [1.54, 1.807) is 0 Å². The summed E-state index contributed by atoms with van der Waals surface area (Å²) in [6.07, 6.45) is 0.105. The summed E-state index contributed by atoms with van der Waals surface area (Å²) >= 11 is 3.50. The highest BCUT2D eigenvalue weighted by molar-refractivity contribution is 9.10. The molecule has 3 nitrogen and oxygen atoms in total. The fourth-order valence-electron chi connectivity index (χ4n) is 2.15. The maximum atomic E-state index is 12.6. The smallest absolute Gasteiger partial charge is 0.255 e. The molecule has 2 unspecified atom stereocenters. The van der Waals surface area contributed by atoms with Crippen molar-refractivity contribution in [1.29, 1.82) is 0 Å². The lowest BCUT2D eigenvalue weighted by Crippen LogP contribution is -2.50. The van der Waals surface area contributed by atoms with Crippen LogP contribution in [0, 0.1) is 6.92 Å². The number of halogens is 1. The van der Waals surface area contributed by atoms with E-state index in [1.807, 2.05) is 43.9 Å².